The second-order valence-corrected chi connectivity index (χ2v) is 16.0. The van der Waals surface area contributed by atoms with Crippen LogP contribution in [0.5, 0.6) is 0 Å². The van der Waals surface area contributed by atoms with Crippen LogP contribution in [-0.4, -0.2) is 141 Å². The molecular weight excluding hydrogens is 961 g/mol. The molecule has 0 heterocycles. The lowest BCUT2D eigenvalue weighted by Gasteiger charge is -2.29. The normalized spacial score (nSPS) is 10.6. The fourth-order valence-corrected chi connectivity index (χ4v) is 7.36. The molecule has 0 amide bonds. The van der Waals surface area contributed by atoms with Gasteiger partial charge in [0.05, 0.1) is 22.7 Å². The van der Waals surface area contributed by atoms with E-state index in [1.807, 2.05) is 12.1 Å². The summed E-state index contributed by atoms with van der Waals surface area (Å²) in [7, 11) is 0. The molecule has 378 valence electrons. The van der Waals surface area contributed by atoms with Gasteiger partial charge in [0.2, 0.25) is 0 Å². The van der Waals surface area contributed by atoms with Gasteiger partial charge in [-0.3, -0.25) is 38.4 Å². The van der Waals surface area contributed by atoms with Gasteiger partial charge in [0.1, 0.15) is 52.4 Å². The number of anilines is 4. The van der Waals surface area contributed by atoms with Gasteiger partial charge in [-0.25, -0.2) is 0 Å². The second kappa shape index (κ2) is 26.0. The predicted octanol–water partition coefficient (Wildman–Crippen LogP) is 4.73. The van der Waals surface area contributed by atoms with E-state index in [0.717, 1.165) is 19.6 Å². The highest BCUT2D eigenvalue weighted by Crippen LogP contribution is 2.34. The Morgan fingerprint density at radius 1 is 0.324 bits per heavy atom. The van der Waals surface area contributed by atoms with E-state index >= 15 is 0 Å². The molecule has 0 saturated heterocycles. The summed E-state index contributed by atoms with van der Waals surface area (Å²) in [5.41, 5.74) is 3.55. The van der Waals surface area contributed by atoms with E-state index < -0.39 is 100 Å². The van der Waals surface area contributed by atoms with E-state index in [9.17, 15) is 79.2 Å². The first-order chi connectivity index (χ1) is 35.2. The smallest absolute Gasteiger partial charge is 0.323 e. The molecule has 0 unspecified atom stereocenters. The molecule has 5 aromatic rings. The lowest BCUT2D eigenvalue weighted by Crippen LogP contribution is -2.39. The van der Waals surface area contributed by atoms with Gasteiger partial charge in [0.25, 0.3) is 0 Å². The number of carbonyl (C=O) groups is 8. The van der Waals surface area contributed by atoms with Crippen LogP contribution in [0.1, 0.15) is 44.5 Å². The number of carboxylic acid groups (broad SMARTS) is 8. The van der Waals surface area contributed by atoms with Crippen molar-refractivity contribution in [1.82, 2.24) is 0 Å². The van der Waals surface area contributed by atoms with Gasteiger partial charge in [0, 0.05) is 22.3 Å². The summed E-state index contributed by atoms with van der Waals surface area (Å²) in [5, 5.41) is 77.5. The van der Waals surface area contributed by atoms with Gasteiger partial charge < -0.3 is 60.5 Å². The van der Waals surface area contributed by atoms with E-state index in [0.29, 0.717) is 44.5 Å². The van der Waals surface area contributed by atoms with Crippen LogP contribution in [0, 0.1) is 23.7 Å². The fourth-order valence-electron chi connectivity index (χ4n) is 7.36. The van der Waals surface area contributed by atoms with Crippen LogP contribution in [0.2, 0.25) is 0 Å². The molecule has 0 aliphatic carbocycles. The minimum atomic E-state index is -1.42. The summed E-state index contributed by atoms with van der Waals surface area (Å²) in [6.07, 6.45) is 6.51. The summed E-state index contributed by atoms with van der Waals surface area (Å²) < 4.78 is 0. The quantitative estimate of drug-likeness (QED) is 0.0306. The Hall–Kier alpha value is -10.3. The Balaban J connectivity index is 1.76. The Morgan fingerprint density at radius 3 is 0.865 bits per heavy atom. The molecule has 5 rings (SSSR count). The highest BCUT2D eigenvalue weighted by atomic mass is 16.4. The average molecular weight is 1010 g/mol. The topological polar surface area (TPSA) is 311 Å². The maximum Gasteiger partial charge on any atom is 0.323 e. The SMILES string of the molecule is O=C(O)CN(CC(=O)O)c1ccc(/C=C/c2cc(C#Cc3ccccc3)c(/C=C/c3ccc(N(CC(=O)O)CC(=O)O)c(N(CC(=O)O)CC(=O)O)c3)cc2C#Cc2ccccc2)cc1N(CC(=O)O)CC(=O)O. The summed E-state index contributed by atoms with van der Waals surface area (Å²) >= 11 is 0. The zero-order chi connectivity index (χ0) is 53.9. The Kier molecular flexibility index (Phi) is 19.2. The van der Waals surface area contributed by atoms with Gasteiger partial charge in [0.15, 0.2) is 0 Å². The number of hydrogen-bond donors (Lipinski definition) is 8. The van der Waals surface area contributed by atoms with Gasteiger partial charge in [-0.1, -0.05) is 96.5 Å². The van der Waals surface area contributed by atoms with Crippen LogP contribution in [-0.2, 0) is 38.4 Å². The standard InChI is InChI=1S/C54H46N4O16/c59-47(60)27-55(28-48(61)62)43-21-15-37(23-45(43)57(31-51(67)68)32-52(69)70)13-19-41-26-40(18-12-36-9-5-2-6-10-36)42(25-39(41)17-11-35-7-3-1-4-8-35)20-14-38-16-22-44(56(29-49(63)64)30-50(65)66)46(24-38)58(33-53(71)72)34-54(73)74/h1-10,13-16,19-26H,27-34H2,(H,59,60)(H,61,62)(H,63,64)(H,65,66)(H,67,68)(H,69,70)(H,71,72)(H,73,74)/b19-13+,20-14+. The van der Waals surface area contributed by atoms with Gasteiger partial charge >= 0.3 is 47.8 Å². The summed E-state index contributed by atoms with van der Waals surface area (Å²) in [5.74, 6) is 1.33. The molecule has 0 bridgehead atoms. The minimum absolute atomic E-state index is 0.0606. The summed E-state index contributed by atoms with van der Waals surface area (Å²) in [4.78, 5) is 99.1. The Bertz CT molecular complexity index is 2870. The molecule has 0 aliphatic rings. The second-order valence-electron chi connectivity index (χ2n) is 16.0. The van der Waals surface area contributed by atoms with Crippen LogP contribution in [0.25, 0.3) is 24.3 Å². The van der Waals surface area contributed by atoms with Gasteiger partial charge in [-0.15, -0.1) is 0 Å². The van der Waals surface area contributed by atoms with Crippen molar-refractivity contribution in [2.75, 3.05) is 72.0 Å². The van der Waals surface area contributed by atoms with Crippen molar-refractivity contribution in [3.63, 3.8) is 0 Å². The third-order valence-corrected chi connectivity index (χ3v) is 10.3. The number of aliphatic carboxylic acids is 8. The van der Waals surface area contributed by atoms with Gasteiger partial charge in [-0.05, 0) is 82.9 Å². The third kappa shape index (κ3) is 17.0. The number of benzene rings is 5. The molecule has 5 aromatic carbocycles. The molecular formula is C54H46N4O16. The highest BCUT2D eigenvalue weighted by molar-refractivity contribution is 5.91. The highest BCUT2D eigenvalue weighted by Gasteiger charge is 2.25. The van der Waals surface area contributed by atoms with Crippen LogP contribution in [0.3, 0.4) is 0 Å². The minimum Gasteiger partial charge on any atom is -0.480 e. The largest absolute Gasteiger partial charge is 0.480 e. The lowest BCUT2D eigenvalue weighted by molar-refractivity contribution is -0.138. The molecule has 20 nitrogen and oxygen atoms in total. The lowest BCUT2D eigenvalue weighted by atomic mass is 9.96. The van der Waals surface area contributed by atoms with Crippen molar-refractivity contribution in [1.29, 1.82) is 0 Å². The number of carboxylic acids is 8. The molecule has 0 spiro atoms. The molecule has 74 heavy (non-hydrogen) atoms. The fraction of sp³-hybridized carbons (Fsp3) is 0.148. The van der Waals surface area contributed by atoms with Crippen molar-refractivity contribution < 1.29 is 79.2 Å². The van der Waals surface area contributed by atoms with E-state index in [4.69, 9.17) is 0 Å². The Labute approximate surface area is 422 Å². The molecule has 20 heteroatoms. The van der Waals surface area contributed by atoms with Crippen molar-refractivity contribution in [3.8, 4) is 23.7 Å². The summed E-state index contributed by atoms with van der Waals surface area (Å²) in [6, 6.07) is 29.9. The predicted molar refractivity (Wildman–Crippen MR) is 272 cm³/mol. The van der Waals surface area contributed by atoms with Crippen molar-refractivity contribution in [2.24, 2.45) is 0 Å². The Morgan fingerprint density at radius 2 is 0.595 bits per heavy atom. The molecule has 0 aromatic heterocycles. The van der Waals surface area contributed by atoms with Crippen LogP contribution in [0.4, 0.5) is 22.7 Å². The maximum absolute atomic E-state index is 12.0. The maximum atomic E-state index is 12.0. The first kappa shape index (κ1) is 54.6. The number of hydrogen-bond acceptors (Lipinski definition) is 12. The van der Waals surface area contributed by atoms with Crippen LogP contribution in [0.15, 0.2) is 109 Å². The monoisotopic (exact) mass is 1010 g/mol. The first-order valence-electron chi connectivity index (χ1n) is 21.9. The third-order valence-electron chi connectivity index (χ3n) is 10.3. The van der Waals surface area contributed by atoms with Crippen LogP contribution >= 0.6 is 0 Å². The van der Waals surface area contributed by atoms with E-state index in [1.165, 1.54) is 36.4 Å². The van der Waals surface area contributed by atoms with E-state index in [1.54, 1.807) is 85.0 Å². The van der Waals surface area contributed by atoms with Crippen molar-refractivity contribution in [2.45, 2.75) is 0 Å². The van der Waals surface area contributed by atoms with Crippen molar-refractivity contribution in [3.05, 3.63) is 154 Å². The van der Waals surface area contributed by atoms with E-state index in [2.05, 4.69) is 23.7 Å². The molecule has 0 atom stereocenters. The zero-order valence-electron chi connectivity index (χ0n) is 39.0. The summed E-state index contributed by atoms with van der Waals surface area (Å²) in [6.45, 7) is -6.67. The molecule has 0 saturated carbocycles. The van der Waals surface area contributed by atoms with Gasteiger partial charge in [-0.2, -0.15) is 0 Å². The number of nitrogens with zero attached hydrogens (tertiary/aromatic N) is 4. The zero-order valence-corrected chi connectivity index (χ0v) is 39.0. The molecule has 8 N–H and O–H groups in total. The van der Waals surface area contributed by atoms with Crippen LogP contribution < -0.4 is 19.6 Å². The molecule has 0 aliphatic heterocycles. The molecule has 0 radical (unpaired) electrons. The average Bonchev–Trinajstić information content (AvgIpc) is 3.32. The molecule has 0 fully saturated rings. The number of rotatable bonds is 24. The first-order valence-corrected chi connectivity index (χ1v) is 21.9. The van der Waals surface area contributed by atoms with Crippen molar-refractivity contribution >= 4 is 94.8 Å². The van der Waals surface area contributed by atoms with E-state index in [-0.39, 0.29) is 22.7 Å².